The molecule has 1 unspecified atom stereocenters. The molecule has 6 heteroatoms. The second-order valence-corrected chi connectivity index (χ2v) is 7.50. The third kappa shape index (κ3) is 6.96. The summed E-state index contributed by atoms with van der Waals surface area (Å²) in [6.45, 7) is 10.2. The number of hydrogen-bond donors (Lipinski definition) is 2. The highest BCUT2D eigenvalue weighted by atomic mass is 127. The number of rotatable bonds is 6. The Morgan fingerprint density at radius 2 is 1.90 bits per heavy atom. The monoisotopic (exact) mass is 507 g/mol. The van der Waals surface area contributed by atoms with Gasteiger partial charge in [0.05, 0.1) is 12.2 Å². The van der Waals surface area contributed by atoms with Gasteiger partial charge in [-0.3, -0.25) is 9.88 Å². The van der Waals surface area contributed by atoms with Crippen LogP contribution in [0.5, 0.6) is 0 Å². The van der Waals surface area contributed by atoms with Gasteiger partial charge < -0.3 is 10.6 Å². The number of guanidine groups is 1. The predicted octanol–water partition coefficient (Wildman–Crippen LogP) is 4.29. The third-order valence-corrected chi connectivity index (χ3v) is 5.55. The maximum Gasteiger partial charge on any atom is 0.191 e. The van der Waals surface area contributed by atoms with Crippen molar-refractivity contribution >= 4 is 29.9 Å². The van der Waals surface area contributed by atoms with E-state index in [-0.39, 0.29) is 24.0 Å². The van der Waals surface area contributed by atoms with Crippen LogP contribution in [0, 0.1) is 6.92 Å². The first kappa shape index (κ1) is 23.6. The largest absolute Gasteiger partial charge is 0.357 e. The first-order valence-corrected chi connectivity index (χ1v) is 10.4. The van der Waals surface area contributed by atoms with E-state index in [1.54, 1.807) is 0 Å². The van der Waals surface area contributed by atoms with Crippen LogP contribution in [-0.2, 0) is 6.54 Å². The van der Waals surface area contributed by atoms with Gasteiger partial charge in [-0.05, 0) is 50.8 Å². The molecule has 0 saturated carbocycles. The minimum Gasteiger partial charge on any atom is -0.357 e. The van der Waals surface area contributed by atoms with E-state index in [4.69, 9.17) is 4.99 Å². The summed E-state index contributed by atoms with van der Waals surface area (Å²) in [4.78, 5) is 11.8. The molecule has 0 radical (unpaired) electrons. The molecule has 29 heavy (non-hydrogen) atoms. The quantitative estimate of drug-likeness (QED) is 0.348. The molecule has 1 aromatic heterocycles. The van der Waals surface area contributed by atoms with E-state index in [0.29, 0.717) is 18.6 Å². The number of pyridine rings is 1. The molecular weight excluding hydrogens is 473 g/mol. The molecule has 158 valence electrons. The smallest absolute Gasteiger partial charge is 0.191 e. The summed E-state index contributed by atoms with van der Waals surface area (Å²) < 4.78 is 0. The van der Waals surface area contributed by atoms with Crippen LogP contribution in [0.3, 0.4) is 0 Å². The number of hydrogen-bond acceptors (Lipinski definition) is 3. The highest BCUT2D eigenvalue weighted by Gasteiger charge is 2.24. The maximum absolute atomic E-state index is 4.76. The molecule has 1 aliphatic rings. The van der Waals surface area contributed by atoms with Crippen molar-refractivity contribution in [2.45, 2.75) is 52.2 Å². The van der Waals surface area contributed by atoms with Crippen molar-refractivity contribution in [3.8, 4) is 0 Å². The fraction of sp³-hybridized carbons (Fsp3) is 0.478. The molecule has 2 heterocycles. The molecule has 0 aliphatic carbocycles. The van der Waals surface area contributed by atoms with Gasteiger partial charge in [0.15, 0.2) is 5.96 Å². The number of aryl methyl sites for hydroxylation is 1. The van der Waals surface area contributed by atoms with Crippen molar-refractivity contribution < 1.29 is 0 Å². The Kier molecular flexibility index (Phi) is 9.87. The lowest BCUT2D eigenvalue weighted by atomic mass is 10.0. The number of nitrogens with zero attached hydrogens (tertiary/aromatic N) is 3. The van der Waals surface area contributed by atoms with E-state index >= 15 is 0 Å². The lowest BCUT2D eigenvalue weighted by Crippen LogP contribution is -2.49. The van der Waals surface area contributed by atoms with Crippen LogP contribution in [0.4, 0.5) is 0 Å². The normalized spacial score (nSPS) is 16.7. The van der Waals surface area contributed by atoms with E-state index in [2.05, 4.69) is 77.7 Å². The highest BCUT2D eigenvalue weighted by Crippen LogP contribution is 2.24. The number of halogens is 1. The molecule has 0 bridgehead atoms. The minimum absolute atomic E-state index is 0. The molecule has 1 atom stereocenters. The maximum atomic E-state index is 4.76. The van der Waals surface area contributed by atoms with E-state index in [1.165, 1.54) is 11.1 Å². The van der Waals surface area contributed by atoms with E-state index in [0.717, 1.165) is 44.1 Å². The van der Waals surface area contributed by atoms with Crippen LogP contribution in [0.2, 0.25) is 0 Å². The Bertz CT molecular complexity index is 757. The van der Waals surface area contributed by atoms with E-state index in [1.807, 2.05) is 12.3 Å². The van der Waals surface area contributed by atoms with Gasteiger partial charge >= 0.3 is 0 Å². The molecular formula is C23H34IN5. The molecule has 1 saturated heterocycles. The van der Waals surface area contributed by atoms with Crippen molar-refractivity contribution in [2.75, 3.05) is 19.6 Å². The topological polar surface area (TPSA) is 52.6 Å². The fourth-order valence-corrected chi connectivity index (χ4v) is 3.72. The highest BCUT2D eigenvalue weighted by molar-refractivity contribution is 14.0. The fourth-order valence-electron chi connectivity index (χ4n) is 3.72. The average Bonchev–Trinajstić information content (AvgIpc) is 2.74. The molecule has 0 spiro atoms. The van der Waals surface area contributed by atoms with Crippen LogP contribution in [0.1, 0.15) is 49.6 Å². The average molecular weight is 507 g/mol. The summed E-state index contributed by atoms with van der Waals surface area (Å²) >= 11 is 0. The van der Waals surface area contributed by atoms with Crippen LogP contribution >= 0.6 is 24.0 Å². The molecule has 1 fully saturated rings. The van der Waals surface area contributed by atoms with Gasteiger partial charge in [0.25, 0.3) is 0 Å². The van der Waals surface area contributed by atoms with E-state index in [9.17, 15) is 0 Å². The van der Waals surface area contributed by atoms with E-state index < -0.39 is 0 Å². The molecule has 3 rings (SSSR count). The van der Waals surface area contributed by atoms with Crippen molar-refractivity contribution in [1.82, 2.24) is 20.5 Å². The summed E-state index contributed by atoms with van der Waals surface area (Å²) in [5.74, 6) is 0.891. The lowest BCUT2D eigenvalue weighted by molar-refractivity contribution is 0.158. The number of aromatic nitrogens is 1. The van der Waals surface area contributed by atoms with Gasteiger partial charge in [0, 0.05) is 37.9 Å². The third-order valence-electron chi connectivity index (χ3n) is 5.55. The number of benzene rings is 1. The van der Waals surface area contributed by atoms with Crippen molar-refractivity contribution in [2.24, 2.45) is 4.99 Å². The van der Waals surface area contributed by atoms with Gasteiger partial charge in [0.2, 0.25) is 0 Å². The molecule has 2 N–H and O–H groups in total. The summed E-state index contributed by atoms with van der Waals surface area (Å²) in [6.07, 6.45) is 4.09. The van der Waals surface area contributed by atoms with Crippen LogP contribution in [-0.4, -0.2) is 41.5 Å². The van der Waals surface area contributed by atoms with Crippen molar-refractivity contribution in [3.05, 3.63) is 65.5 Å². The summed E-state index contributed by atoms with van der Waals surface area (Å²) in [5, 5.41) is 7.01. The zero-order valence-corrected chi connectivity index (χ0v) is 20.1. The molecule has 1 aromatic carbocycles. The SMILES string of the molecule is CCNC(=NCc1ncccc1C)NC1CCN(C(C)c2ccccc2)CC1.I. The minimum atomic E-state index is 0. The standard InChI is InChI=1S/C23H33N5.HI/c1-4-24-23(26-17-22-18(2)9-8-14-25-22)27-21-12-15-28(16-13-21)19(3)20-10-6-5-7-11-20;/h5-11,14,19,21H,4,12-13,15-17H2,1-3H3,(H2,24,26,27);1H. The first-order valence-electron chi connectivity index (χ1n) is 10.4. The summed E-state index contributed by atoms with van der Waals surface area (Å²) in [7, 11) is 0. The van der Waals surface area contributed by atoms with Crippen LogP contribution in [0.25, 0.3) is 0 Å². The Hall–Kier alpha value is -1.67. The Morgan fingerprint density at radius 3 is 2.55 bits per heavy atom. The predicted molar refractivity (Wildman–Crippen MR) is 132 cm³/mol. The Labute approximate surface area is 192 Å². The van der Waals surface area contributed by atoms with Gasteiger partial charge in [-0.1, -0.05) is 36.4 Å². The molecule has 2 aromatic rings. The second kappa shape index (κ2) is 12.1. The Balaban J connectivity index is 0.00000300. The zero-order chi connectivity index (χ0) is 19.8. The molecule has 0 amide bonds. The zero-order valence-electron chi connectivity index (χ0n) is 17.8. The molecule has 5 nitrogen and oxygen atoms in total. The Morgan fingerprint density at radius 1 is 1.17 bits per heavy atom. The van der Waals surface area contributed by atoms with Crippen LogP contribution < -0.4 is 10.6 Å². The van der Waals surface area contributed by atoms with Gasteiger partial charge in [0.1, 0.15) is 0 Å². The number of likely N-dealkylation sites (tertiary alicyclic amines) is 1. The first-order chi connectivity index (χ1) is 13.7. The summed E-state index contributed by atoms with van der Waals surface area (Å²) in [6, 6.07) is 15.8. The molecule has 1 aliphatic heterocycles. The number of piperidine rings is 1. The van der Waals surface area contributed by atoms with Gasteiger partial charge in [-0.15, -0.1) is 24.0 Å². The van der Waals surface area contributed by atoms with Crippen molar-refractivity contribution in [1.29, 1.82) is 0 Å². The van der Waals surface area contributed by atoms with Crippen LogP contribution in [0.15, 0.2) is 53.7 Å². The van der Waals surface area contributed by atoms with Gasteiger partial charge in [-0.2, -0.15) is 0 Å². The van der Waals surface area contributed by atoms with Crippen molar-refractivity contribution in [3.63, 3.8) is 0 Å². The summed E-state index contributed by atoms with van der Waals surface area (Å²) in [5.41, 5.74) is 3.62. The number of aliphatic imine (C=N–C) groups is 1. The second-order valence-electron chi connectivity index (χ2n) is 7.50. The lowest BCUT2D eigenvalue weighted by Gasteiger charge is -2.37. The number of nitrogens with one attached hydrogen (secondary N) is 2. The van der Waals surface area contributed by atoms with Gasteiger partial charge in [-0.25, -0.2) is 4.99 Å².